The van der Waals surface area contributed by atoms with Crippen LogP contribution in [0.4, 0.5) is 0 Å². The molecule has 1 fully saturated rings. The van der Waals surface area contributed by atoms with Crippen molar-refractivity contribution in [3.63, 3.8) is 0 Å². The fourth-order valence-corrected chi connectivity index (χ4v) is 2.20. The molecule has 0 N–H and O–H groups in total. The average molecular weight is 238 g/mol. The first-order chi connectivity index (χ1) is 7.33. The molecule has 0 bridgehead atoms. The van der Waals surface area contributed by atoms with Gasteiger partial charge in [0.1, 0.15) is 11.0 Å². The van der Waals surface area contributed by atoms with E-state index in [1.807, 2.05) is 0 Å². The second-order valence-corrected chi connectivity index (χ2v) is 4.85. The molecular formula is C10H8ClN3S. The molecule has 0 aromatic carbocycles. The molecule has 1 aliphatic rings. The maximum Gasteiger partial charge on any atom is 0.133 e. The molecule has 3 rings (SSSR count). The van der Waals surface area contributed by atoms with E-state index < -0.39 is 0 Å². The van der Waals surface area contributed by atoms with Crippen LogP contribution < -0.4 is 0 Å². The van der Waals surface area contributed by atoms with Crippen molar-refractivity contribution < 1.29 is 0 Å². The van der Waals surface area contributed by atoms with E-state index in [0.29, 0.717) is 11.1 Å². The molecule has 2 aromatic rings. The first-order valence-corrected chi connectivity index (χ1v) is 6.02. The third-order valence-corrected chi connectivity index (χ3v) is 3.33. The molecule has 1 saturated carbocycles. The van der Waals surface area contributed by atoms with Gasteiger partial charge in [-0.05, 0) is 12.8 Å². The molecule has 0 atom stereocenters. The van der Waals surface area contributed by atoms with Crippen LogP contribution in [-0.4, -0.2) is 15.0 Å². The Morgan fingerprint density at radius 1 is 1.33 bits per heavy atom. The Kier molecular flexibility index (Phi) is 2.18. The van der Waals surface area contributed by atoms with Crippen LogP contribution in [0.15, 0.2) is 17.8 Å². The number of thiazole rings is 1. The van der Waals surface area contributed by atoms with Crippen LogP contribution in [-0.2, 0) is 0 Å². The molecule has 3 nitrogen and oxygen atoms in total. The fourth-order valence-electron chi connectivity index (χ4n) is 1.43. The normalized spacial score (nSPS) is 15.5. The lowest BCUT2D eigenvalue weighted by Gasteiger charge is -2.01. The predicted molar refractivity (Wildman–Crippen MR) is 60.1 cm³/mol. The molecule has 2 heterocycles. The highest BCUT2D eigenvalue weighted by atomic mass is 35.5. The fraction of sp³-hybridized carbons (Fsp3) is 0.300. The van der Waals surface area contributed by atoms with Crippen LogP contribution in [0.3, 0.4) is 0 Å². The minimum atomic E-state index is 0.523. The summed E-state index contributed by atoms with van der Waals surface area (Å²) in [7, 11) is 0. The van der Waals surface area contributed by atoms with Gasteiger partial charge in [-0.2, -0.15) is 0 Å². The quantitative estimate of drug-likeness (QED) is 0.754. The van der Waals surface area contributed by atoms with Gasteiger partial charge < -0.3 is 0 Å². The maximum absolute atomic E-state index is 5.97. The van der Waals surface area contributed by atoms with Gasteiger partial charge in [0.2, 0.25) is 0 Å². The van der Waals surface area contributed by atoms with Crippen LogP contribution in [0.25, 0.3) is 10.6 Å². The van der Waals surface area contributed by atoms with Crippen LogP contribution in [0.5, 0.6) is 0 Å². The molecular weight excluding hydrogens is 230 g/mol. The third-order valence-electron chi connectivity index (χ3n) is 2.34. The lowest BCUT2D eigenvalue weighted by molar-refractivity contribution is 0.932. The van der Waals surface area contributed by atoms with E-state index in [2.05, 4.69) is 15.0 Å². The Morgan fingerprint density at radius 2 is 2.20 bits per heavy atom. The van der Waals surface area contributed by atoms with E-state index >= 15 is 0 Å². The van der Waals surface area contributed by atoms with E-state index in [0.717, 1.165) is 16.4 Å². The van der Waals surface area contributed by atoms with Crippen molar-refractivity contribution in [3.8, 4) is 10.6 Å². The van der Waals surface area contributed by atoms with Crippen LogP contribution in [0, 0.1) is 0 Å². The Balaban J connectivity index is 2.07. The Bertz CT molecular complexity index is 479. The first kappa shape index (κ1) is 9.24. The van der Waals surface area contributed by atoms with Crippen molar-refractivity contribution in [3.05, 3.63) is 28.8 Å². The molecule has 5 heteroatoms. The molecule has 0 amide bonds. The second kappa shape index (κ2) is 3.54. The molecule has 15 heavy (non-hydrogen) atoms. The number of aromatic nitrogens is 3. The van der Waals surface area contributed by atoms with Gasteiger partial charge in [0.15, 0.2) is 0 Å². The lowest BCUT2D eigenvalue weighted by Crippen LogP contribution is -1.94. The van der Waals surface area contributed by atoms with Gasteiger partial charge in [-0.25, -0.2) is 9.97 Å². The minimum Gasteiger partial charge on any atom is -0.252 e. The van der Waals surface area contributed by atoms with Gasteiger partial charge in [0, 0.05) is 18.2 Å². The summed E-state index contributed by atoms with van der Waals surface area (Å²) in [5.41, 5.74) is 2.68. The van der Waals surface area contributed by atoms with Crippen LogP contribution in [0.1, 0.15) is 24.6 Å². The van der Waals surface area contributed by atoms with Crippen molar-refractivity contribution in [1.29, 1.82) is 0 Å². The topological polar surface area (TPSA) is 38.7 Å². The van der Waals surface area contributed by atoms with Gasteiger partial charge in [-0.1, -0.05) is 11.6 Å². The van der Waals surface area contributed by atoms with Crippen molar-refractivity contribution in [2.45, 2.75) is 18.8 Å². The average Bonchev–Trinajstić information content (AvgIpc) is 2.93. The van der Waals surface area contributed by atoms with E-state index in [1.54, 1.807) is 29.1 Å². The number of halogens is 1. The number of hydrogen-bond donors (Lipinski definition) is 0. The van der Waals surface area contributed by atoms with E-state index in [-0.39, 0.29) is 0 Å². The van der Waals surface area contributed by atoms with Gasteiger partial charge in [0.25, 0.3) is 0 Å². The van der Waals surface area contributed by atoms with Crippen molar-refractivity contribution in [2.24, 2.45) is 0 Å². The zero-order chi connectivity index (χ0) is 10.3. The van der Waals surface area contributed by atoms with E-state index in [9.17, 15) is 0 Å². The Hall–Kier alpha value is -1.00. The Labute approximate surface area is 96.2 Å². The zero-order valence-electron chi connectivity index (χ0n) is 7.85. The van der Waals surface area contributed by atoms with Gasteiger partial charge in [-0.15, -0.1) is 11.3 Å². The molecule has 0 unspecified atom stereocenters. The minimum absolute atomic E-state index is 0.523. The smallest absolute Gasteiger partial charge is 0.133 e. The summed E-state index contributed by atoms with van der Waals surface area (Å²) < 4.78 is 0. The first-order valence-electron chi connectivity index (χ1n) is 4.76. The summed E-state index contributed by atoms with van der Waals surface area (Å²) in [5, 5.41) is 0.523. The number of nitrogens with zero attached hydrogens (tertiary/aromatic N) is 3. The van der Waals surface area contributed by atoms with Gasteiger partial charge >= 0.3 is 0 Å². The maximum atomic E-state index is 5.97. The van der Waals surface area contributed by atoms with Crippen LogP contribution in [0.2, 0.25) is 5.15 Å². The second-order valence-electron chi connectivity index (χ2n) is 3.57. The van der Waals surface area contributed by atoms with Crippen molar-refractivity contribution >= 4 is 22.9 Å². The van der Waals surface area contributed by atoms with E-state index in [4.69, 9.17) is 11.6 Å². The SMILES string of the molecule is Clc1cc(-c2cncs2)nc(C2CC2)n1. The highest BCUT2D eigenvalue weighted by molar-refractivity contribution is 7.13. The molecule has 0 saturated heterocycles. The molecule has 0 radical (unpaired) electrons. The summed E-state index contributed by atoms with van der Waals surface area (Å²) in [6, 6.07) is 1.79. The zero-order valence-corrected chi connectivity index (χ0v) is 9.42. The van der Waals surface area contributed by atoms with Gasteiger partial charge in [0.05, 0.1) is 16.1 Å². The van der Waals surface area contributed by atoms with Crippen LogP contribution >= 0.6 is 22.9 Å². The summed E-state index contributed by atoms with van der Waals surface area (Å²) in [6.07, 6.45) is 4.17. The van der Waals surface area contributed by atoms with Crippen molar-refractivity contribution in [1.82, 2.24) is 15.0 Å². The Morgan fingerprint density at radius 3 is 2.87 bits per heavy atom. The monoisotopic (exact) mass is 237 g/mol. The van der Waals surface area contributed by atoms with Crippen molar-refractivity contribution in [2.75, 3.05) is 0 Å². The van der Waals surface area contributed by atoms with E-state index in [1.165, 1.54) is 12.8 Å². The highest BCUT2D eigenvalue weighted by Crippen LogP contribution is 2.39. The summed E-state index contributed by atoms with van der Waals surface area (Å²) in [4.78, 5) is 13.8. The molecule has 2 aromatic heterocycles. The summed E-state index contributed by atoms with van der Waals surface area (Å²) in [6.45, 7) is 0. The number of rotatable bonds is 2. The standard InChI is InChI=1S/C10H8ClN3S/c11-9-3-7(8-4-12-5-15-8)13-10(14-9)6-1-2-6/h3-6H,1-2H2. The summed E-state index contributed by atoms with van der Waals surface area (Å²) in [5.74, 6) is 1.40. The number of hydrogen-bond acceptors (Lipinski definition) is 4. The largest absolute Gasteiger partial charge is 0.252 e. The highest BCUT2D eigenvalue weighted by Gasteiger charge is 2.27. The van der Waals surface area contributed by atoms with Gasteiger partial charge in [-0.3, -0.25) is 4.98 Å². The molecule has 1 aliphatic carbocycles. The summed E-state index contributed by atoms with van der Waals surface area (Å²) >= 11 is 7.54. The predicted octanol–water partition coefficient (Wildman–Crippen LogP) is 3.13. The lowest BCUT2D eigenvalue weighted by atomic mass is 10.3. The molecule has 76 valence electrons. The third kappa shape index (κ3) is 1.87. The molecule has 0 aliphatic heterocycles. The molecule has 0 spiro atoms.